The molecule has 0 spiro atoms. The maximum atomic E-state index is 11.2. The highest BCUT2D eigenvalue weighted by atomic mass is 16.5. The fraction of sp³-hybridized carbons (Fsp3) is 0.364. The second kappa shape index (κ2) is 5.36. The quantitative estimate of drug-likeness (QED) is 0.616. The van der Waals surface area contributed by atoms with E-state index in [0.717, 1.165) is 12.2 Å². The Morgan fingerprint density at radius 2 is 2.23 bits per heavy atom. The van der Waals surface area contributed by atoms with Crippen LogP contribution in [0.25, 0.3) is 0 Å². The third-order valence-corrected chi connectivity index (χ3v) is 1.85. The van der Waals surface area contributed by atoms with Crippen LogP contribution in [0.2, 0.25) is 0 Å². The van der Waals surface area contributed by atoms with Crippen molar-refractivity contribution < 1.29 is 9.53 Å². The molecule has 0 saturated heterocycles. The Balaban J connectivity index is 2.70. The number of methoxy groups -OCH3 is 1. The first-order chi connectivity index (χ1) is 6.33. The zero-order valence-corrected chi connectivity index (χ0v) is 7.82. The van der Waals surface area contributed by atoms with E-state index in [1.54, 1.807) is 7.11 Å². The number of rotatable bonds is 1. The SMILES string of the molecule is COC1=C/C=C/CCC(=O)CC=C1. The van der Waals surface area contributed by atoms with Gasteiger partial charge >= 0.3 is 0 Å². The number of allylic oxidation sites excluding steroid dienone is 5. The van der Waals surface area contributed by atoms with Crippen LogP contribution in [0.4, 0.5) is 0 Å². The highest BCUT2D eigenvalue weighted by Gasteiger charge is 1.98. The molecule has 0 bridgehead atoms. The van der Waals surface area contributed by atoms with E-state index in [1.165, 1.54) is 0 Å². The van der Waals surface area contributed by atoms with Gasteiger partial charge in [-0.3, -0.25) is 4.79 Å². The summed E-state index contributed by atoms with van der Waals surface area (Å²) in [5.41, 5.74) is 0. The molecule has 0 N–H and O–H groups in total. The maximum absolute atomic E-state index is 11.2. The van der Waals surface area contributed by atoms with Crippen molar-refractivity contribution in [1.29, 1.82) is 0 Å². The van der Waals surface area contributed by atoms with Gasteiger partial charge in [0.2, 0.25) is 0 Å². The van der Waals surface area contributed by atoms with Gasteiger partial charge in [-0.1, -0.05) is 18.2 Å². The van der Waals surface area contributed by atoms with E-state index in [1.807, 2.05) is 30.4 Å². The number of hydrogen-bond acceptors (Lipinski definition) is 2. The van der Waals surface area contributed by atoms with Gasteiger partial charge in [0.25, 0.3) is 0 Å². The van der Waals surface area contributed by atoms with Crippen LogP contribution in [0.3, 0.4) is 0 Å². The number of carbonyl (C=O) groups is 1. The van der Waals surface area contributed by atoms with Crippen molar-refractivity contribution in [3.63, 3.8) is 0 Å². The van der Waals surface area contributed by atoms with Crippen LogP contribution in [0.1, 0.15) is 19.3 Å². The van der Waals surface area contributed by atoms with Crippen LogP contribution in [0.5, 0.6) is 0 Å². The standard InChI is InChI=1S/C11H14O2/c1-13-11-8-4-2-3-6-10(12)7-5-9-11/h2,4-5,8-9H,3,6-7H2,1H3/b4-2+,9-5?,11-8?. The fourth-order valence-corrected chi connectivity index (χ4v) is 1.10. The topological polar surface area (TPSA) is 26.3 Å². The summed E-state index contributed by atoms with van der Waals surface area (Å²) in [4.78, 5) is 11.2. The average molecular weight is 178 g/mol. The predicted molar refractivity (Wildman–Crippen MR) is 52.2 cm³/mol. The lowest BCUT2D eigenvalue weighted by atomic mass is 10.1. The van der Waals surface area contributed by atoms with Crippen LogP contribution in [0.15, 0.2) is 36.1 Å². The number of carbonyl (C=O) groups excluding carboxylic acids is 1. The largest absolute Gasteiger partial charge is 0.497 e. The summed E-state index contributed by atoms with van der Waals surface area (Å²) in [6.07, 6.45) is 11.4. The minimum atomic E-state index is 0.276. The minimum Gasteiger partial charge on any atom is -0.497 e. The molecule has 0 fully saturated rings. The second-order valence-electron chi connectivity index (χ2n) is 2.89. The van der Waals surface area contributed by atoms with Gasteiger partial charge in [0.05, 0.1) is 7.11 Å². The molecule has 0 atom stereocenters. The zero-order valence-electron chi connectivity index (χ0n) is 7.82. The second-order valence-corrected chi connectivity index (χ2v) is 2.89. The van der Waals surface area contributed by atoms with Crippen LogP contribution < -0.4 is 0 Å². The molecule has 0 aromatic carbocycles. The summed E-state index contributed by atoms with van der Waals surface area (Å²) in [6.45, 7) is 0. The Morgan fingerprint density at radius 1 is 1.38 bits per heavy atom. The van der Waals surface area contributed by atoms with E-state index in [0.29, 0.717) is 12.8 Å². The molecule has 2 nitrogen and oxygen atoms in total. The Bertz CT molecular complexity index is 259. The molecule has 0 aromatic heterocycles. The maximum Gasteiger partial charge on any atom is 0.136 e. The van der Waals surface area contributed by atoms with Gasteiger partial charge in [-0.2, -0.15) is 0 Å². The lowest BCUT2D eigenvalue weighted by Crippen LogP contribution is -1.95. The molecule has 1 rings (SSSR count). The number of ketones is 1. The summed E-state index contributed by atoms with van der Waals surface area (Å²) in [7, 11) is 1.62. The molecule has 0 aromatic rings. The van der Waals surface area contributed by atoms with E-state index < -0.39 is 0 Å². The number of ether oxygens (including phenoxy) is 1. The Morgan fingerprint density at radius 3 is 3.00 bits per heavy atom. The highest BCUT2D eigenvalue weighted by molar-refractivity contribution is 5.80. The van der Waals surface area contributed by atoms with Gasteiger partial charge in [-0.15, -0.1) is 0 Å². The lowest BCUT2D eigenvalue weighted by Gasteiger charge is -2.00. The number of hydrogen-bond donors (Lipinski definition) is 0. The Hall–Kier alpha value is -1.31. The summed E-state index contributed by atoms with van der Waals surface area (Å²) >= 11 is 0. The van der Waals surface area contributed by atoms with Gasteiger partial charge < -0.3 is 4.74 Å². The third-order valence-electron chi connectivity index (χ3n) is 1.85. The van der Waals surface area contributed by atoms with Gasteiger partial charge in [-0.25, -0.2) is 0 Å². The summed E-state index contributed by atoms with van der Waals surface area (Å²) in [5, 5.41) is 0. The molecule has 2 heteroatoms. The first-order valence-corrected chi connectivity index (χ1v) is 4.42. The predicted octanol–water partition coefficient (Wildman–Crippen LogP) is 2.38. The van der Waals surface area contributed by atoms with E-state index in [-0.39, 0.29) is 5.78 Å². The summed E-state index contributed by atoms with van der Waals surface area (Å²) < 4.78 is 5.07. The van der Waals surface area contributed by atoms with Crippen molar-refractivity contribution >= 4 is 5.78 Å². The molecule has 70 valence electrons. The van der Waals surface area contributed by atoms with Gasteiger partial charge in [0.1, 0.15) is 11.5 Å². The van der Waals surface area contributed by atoms with Crippen LogP contribution in [-0.4, -0.2) is 12.9 Å². The van der Waals surface area contributed by atoms with Crippen molar-refractivity contribution in [3.05, 3.63) is 36.1 Å². The van der Waals surface area contributed by atoms with Gasteiger partial charge in [-0.05, 0) is 18.6 Å². The van der Waals surface area contributed by atoms with Gasteiger partial charge in [0.15, 0.2) is 0 Å². The molecule has 0 heterocycles. The molecule has 0 aliphatic heterocycles. The lowest BCUT2D eigenvalue weighted by molar-refractivity contribution is -0.118. The molecule has 13 heavy (non-hydrogen) atoms. The van der Waals surface area contributed by atoms with Crippen molar-refractivity contribution in [3.8, 4) is 0 Å². The molecule has 0 radical (unpaired) electrons. The number of Topliss-reactive ketones (excluding diaryl/α,β-unsaturated/α-hetero) is 1. The fourth-order valence-electron chi connectivity index (χ4n) is 1.10. The highest BCUT2D eigenvalue weighted by Crippen LogP contribution is 2.05. The van der Waals surface area contributed by atoms with E-state index in [2.05, 4.69) is 0 Å². The average Bonchev–Trinajstić information content (AvgIpc) is 2.15. The van der Waals surface area contributed by atoms with E-state index >= 15 is 0 Å². The van der Waals surface area contributed by atoms with Crippen molar-refractivity contribution in [2.24, 2.45) is 0 Å². The van der Waals surface area contributed by atoms with Crippen molar-refractivity contribution in [2.75, 3.05) is 7.11 Å². The van der Waals surface area contributed by atoms with Crippen LogP contribution in [-0.2, 0) is 9.53 Å². The smallest absolute Gasteiger partial charge is 0.136 e. The van der Waals surface area contributed by atoms with Crippen molar-refractivity contribution in [2.45, 2.75) is 19.3 Å². The monoisotopic (exact) mass is 178 g/mol. The minimum absolute atomic E-state index is 0.276. The third kappa shape index (κ3) is 3.74. The molecule has 0 amide bonds. The van der Waals surface area contributed by atoms with Crippen molar-refractivity contribution in [1.82, 2.24) is 0 Å². The van der Waals surface area contributed by atoms with Crippen LogP contribution in [0, 0.1) is 0 Å². The normalized spacial score (nSPS) is 20.7. The molecule has 1 aliphatic carbocycles. The summed E-state index contributed by atoms with van der Waals surface area (Å²) in [6, 6.07) is 0. The van der Waals surface area contributed by atoms with Gasteiger partial charge in [0, 0.05) is 12.8 Å². The molecule has 0 saturated carbocycles. The molecule has 1 aliphatic rings. The molecule has 0 unspecified atom stereocenters. The summed E-state index contributed by atoms with van der Waals surface area (Å²) in [5.74, 6) is 1.06. The first-order valence-electron chi connectivity index (χ1n) is 4.42. The zero-order chi connectivity index (χ0) is 9.52. The Kier molecular flexibility index (Phi) is 4.03. The van der Waals surface area contributed by atoms with E-state index in [9.17, 15) is 4.79 Å². The van der Waals surface area contributed by atoms with Crippen LogP contribution >= 0.6 is 0 Å². The Labute approximate surface area is 78.6 Å². The van der Waals surface area contributed by atoms with E-state index in [4.69, 9.17) is 4.74 Å². The first kappa shape index (κ1) is 9.78. The molecular weight excluding hydrogens is 164 g/mol. The molecular formula is C11H14O2.